The number of nitrogens with zero attached hydrogens (tertiary/aromatic N) is 2. The molecule has 0 bridgehead atoms. The molecule has 1 fully saturated rings. The number of amides is 2. The molecule has 6 heteroatoms. The minimum absolute atomic E-state index is 0.0838. The van der Waals surface area contributed by atoms with Crippen molar-refractivity contribution >= 4 is 23.2 Å². The van der Waals surface area contributed by atoms with Gasteiger partial charge in [0.15, 0.2) is 0 Å². The Hall–Kier alpha value is -3.64. The zero-order chi connectivity index (χ0) is 22.3. The Morgan fingerprint density at radius 3 is 2.06 bits per heavy atom. The zero-order valence-corrected chi connectivity index (χ0v) is 18.3. The van der Waals surface area contributed by atoms with E-state index in [1.165, 1.54) is 0 Å². The van der Waals surface area contributed by atoms with Gasteiger partial charge in [-0.2, -0.15) is 0 Å². The molecule has 164 valence electrons. The topological polar surface area (TPSA) is 64.7 Å². The highest BCUT2D eigenvalue weighted by atomic mass is 16.2. The molecule has 0 atom stereocenters. The first-order valence-electron chi connectivity index (χ1n) is 10.9. The summed E-state index contributed by atoms with van der Waals surface area (Å²) in [7, 11) is 2.13. The second-order valence-corrected chi connectivity index (χ2v) is 8.01. The van der Waals surface area contributed by atoms with Crippen LogP contribution in [0.2, 0.25) is 0 Å². The van der Waals surface area contributed by atoms with Crippen LogP contribution in [0.5, 0.6) is 0 Å². The average Bonchev–Trinajstić information content (AvgIpc) is 2.84. The second kappa shape index (κ2) is 10.1. The van der Waals surface area contributed by atoms with Crippen molar-refractivity contribution < 1.29 is 9.59 Å². The summed E-state index contributed by atoms with van der Waals surface area (Å²) in [6.45, 7) is 4.01. The van der Waals surface area contributed by atoms with Crippen molar-refractivity contribution in [1.82, 2.24) is 10.2 Å². The lowest BCUT2D eigenvalue weighted by molar-refractivity contribution is -0.115. The van der Waals surface area contributed by atoms with Crippen LogP contribution < -0.4 is 15.5 Å². The summed E-state index contributed by atoms with van der Waals surface area (Å²) in [6, 6.07) is 25.2. The predicted molar refractivity (Wildman–Crippen MR) is 129 cm³/mol. The summed E-state index contributed by atoms with van der Waals surface area (Å²) < 4.78 is 0. The summed E-state index contributed by atoms with van der Waals surface area (Å²) in [6.07, 6.45) is 0. The third-order valence-electron chi connectivity index (χ3n) is 5.68. The monoisotopic (exact) mass is 428 g/mol. The molecule has 3 aromatic rings. The van der Waals surface area contributed by atoms with Crippen LogP contribution in [0.1, 0.15) is 10.4 Å². The number of hydrogen-bond acceptors (Lipinski definition) is 4. The highest BCUT2D eigenvalue weighted by Gasteiger charge is 2.14. The van der Waals surface area contributed by atoms with E-state index in [4.69, 9.17) is 0 Å². The molecule has 0 aliphatic carbocycles. The van der Waals surface area contributed by atoms with Gasteiger partial charge in [0.25, 0.3) is 5.91 Å². The third kappa shape index (κ3) is 5.53. The Labute approximate surface area is 188 Å². The molecule has 1 saturated heterocycles. The Morgan fingerprint density at radius 2 is 1.41 bits per heavy atom. The van der Waals surface area contributed by atoms with Gasteiger partial charge < -0.3 is 20.4 Å². The van der Waals surface area contributed by atoms with E-state index in [2.05, 4.69) is 27.5 Å². The molecule has 6 nitrogen and oxygen atoms in total. The van der Waals surface area contributed by atoms with Gasteiger partial charge in [-0.05, 0) is 54.6 Å². The lowest BCUT2D eigenvalue weighted by Crippen LogP contribution is -2.44. The van der Waals surface area contributed by atoms with Crippen LogP contribution in [-0.2, 0) is 4.79 Å². The van der Waals surface area contributed by atoms with Crippen molar-refractivity contribution in [3.05, 3.63) is 84.4 Å². The van der Waals surface area contributed by atoms with E-state index >= 15 is 0 Å². The highest BCUT2D eigenvalue weighted by Crippen LogP contribution is 2.20. The second-order valence-electron chi connectivity index (χ2n) is 8.01. The van der Waals surface area contributed by atoms with Crippen molar-refractivity contribution in [3.8, 4) is 11.1 Å². The lowest BCUT2D eigenvalue weighted by Gasteiger charge is -2.34. The van der Waals surface area contributed by atoms with E-state index in [9.17, 15) is 9.59 Å². The van der Waals surface area contributed by atoms with Crippen molar-refractivity contribution in [3.63, 3.8) is 0 Å². The van der Waals surface area contributed by atoms with Gasteiger partial charge >= 0.3 is 0 Å². The molecule has 0 spiro atoms. The Bertz CT molecular complexity index is 1040. The standard InChI is InChI=1S/C26H28N4O2/c1-29-15-17-30(18-16-29)24-13-11-23(12-14-24)28-25(31)19-27-26(32)22-9-7-21(8-10-22)20-5-3-2-4-6-20/h2-14H,15-19H2,1H3,(H,27,32)(H,28,31). The fraction of sp³-hybridized carbons (Fsp3) is 0.231. The van der Waals surface area contributed by atoms with E-state index < -0.39 is 0 Å². The van der Waals surface area contributed by atoms with Crippen LogP contribution in [0, 0.1) is 0 Å². The maximum absolute atomic E-state index is 12.4. The predicted octanol–water partition coefficient (Wildman–Crippen LogP) is 3.47. The largest absolute Gasteiger partial charge is 0.369 e. The molecular formula is C26H28N4O2. The molecule has 3 aromatic carbocycles. The summed E-state index contributed by atoms with van der Waals surface area (Å²) in [5.41, 5.74) is 4.53. The molecule has 4 rings (SSSR count). The first-order valence-corrected chi connectivity index (χ1v) is 10.9. The van der Waals surface area contributed by atoms with Gasteiger partial charge in [-0.3, -0.25) is 9.59 Å². The van der Waals surface area contributed by atoms with Crippen molar-refractivity contribution in [2.24, 2.45) is 0 Å². The number of carbonyl (C=O) groups excluding carboxylic acids is 2. The summed E-state index contributed by atoms with van der Waals surface area (Å²) >= 11 is 0. The van der Waals surface area contributed by atoms with Gasteiger partial charge in [0.05, 0.1) is 6.54 Å². The molecule has 0 radical (unpaired) electrons. The number of rotatable bonds is 6. The summed E-state index contributed by atoms with van der Waals surface area (Å²) in [4.78, 5) is 29.3. The number of nitrogens with one attached hydrogen (secondary N) is 2. The van der Waals surface area contributed by atoms with E-state index in [0.29, 0.717) is 11.3 Å². The molecule has 1 aliphatic rings. The number of anilines is 2. The molecule has 1 aliphatic heterocycles. The number of likely N-dealkylation sites (N-methyl/N-ethyl adjacent to an activating group) is 1. The Morgan fingerprint density at radius 1 is 0.781 bits per heavy atom. The van der Waals surface area contributed by atoms with Gasteiger partial charge in [0.1, 0.15) is 0 Å². The van der Waals surface area contributed by atoms with Crippen LogP contribution in [-0.4, -0.2) is 56.5 Å². The molecule has 0 aromatic heterocycles. The van der Waals surface area contributed by atoms with Gasteiger partial charge in [-0.25, -0.2) is 0 Å². The smallest absolute Gasteiger partial charge is 0.251 e. The number of benzene rings is 3. The van der Waals surface area contributed by atoms with E-state index in [0.717, 1.165) is 43.0 Å². The molecule has 0 saturated carbocycles. The minimum Gasteiger partial charge on any atom is -0.369 e. The first-order chi connectivity index (χ1) is 15.6. The van der Waals surface area contributed by atoms with Gasteiger partial charge in [0, 0.05) is 43.1 Å². The summed E-state index contributed by atoms with van der Waals surface area (Å²) in [5.74, 6) is -0.531. The zero-order valence-electron chi connectivity index (χ0n) is 18.3. The maximum atomic E-state index is 12.4. The normalized spacial score (nSPS) is 14.1. The fourth-order valence-corrected chi connectivity index (χ4v) is 3.73. The summed E-state index contributed by atoms with van der Waals surface area (Å²) in [5, 5.41) is 5.52. The van der Waals surface area contributed by atoms with E-state index in [-0.39, 0.29) is 18.4 Å². The number of hydrogen-bond donors (Lipinski definition) is 2. The van der Waals surface area contributed by atoms with E-state index in [1.807, 2.05) is 66.7 Å². The molecule has 2 N–H and O–H groups in total. The fourth-order valence-electron chi connectivity index (χ4n) is 3.73. The average molecular weight is 429 g/mol. The molecular weight excluding hydrogens is 400 g/mol. The molecule has 0 unspecified atom stereocenters. The van der Waals surface area contributed by atoms with Crippen LogP contribution >= 0.6 is 0 Å². The van der Waals surface area contributed by atoms with Gasteiger partial charge in [-0.15, -0.1) is 0 Å². The highest BCUT2D eigenvalue weighted by molar-refractivity contribution is 5.99. The number of carbonyl (C=O) groups is 2. The van der Waals surface area contributed by atoms with Crippen LogP contribution in [0.25, 0.3) is 11.1 Å². The Balaban J connectivity index is 1.26. The van der Waals surface area contributed by atoms with Crippen molar-refractivity contribution in [2.75, 3.05) is 50.0 Å². The van der Waals surface area contributed by atoms with Crippen molar-refractivity contribution in [2.45, 2.75) is 0 Å². The SMILES string of the molecule is CN1CCN(c2ccc(NC(=O)CNC(=O)c3ccc(-c4ccccc4)cc3)cc2)CC1. The molecule has 32 heavy (non-hydrogen) atoms. The van der Waals surface area contributed by atoms with Gasteiger partial charge in [0.2, 0.25) is 5.91 Å². The lowest BCUT2D eigenvalue weighted by atomic mass is 10.0. The third-order valence-corrected chi connectivity index (χ3v) is 5.68. The van der Waals surface area contributed by atoms with Crippen LogP contribution in [0.15, 0.2) is 78.9 Å². The Kier molecular flexibility index (Phi) is 6.82. The number of piperazine rings is 1. The van der Waals surface area contributed by atoms with Crippen molar-refractivity contribution in [1.29, 1.82) is 0 Å². The van der Waals surface area contributed by atoms with E-state index in [1.54, 1.807) is 12.1 Å². The molecule has 1 heterocycles. The van der Waals surface area contributed by atoms with Crippen LogP contribution in [0.3, 0.4) is 0 Å². The quantitative estimate of drug-likeness (QED) is 0.631. The maximum Gasteiger partial charge on any atom is 0.251 e. The first kappa shape index (κ1) is 21.6. The van der Waals surface area contributed by atoms with Crippen LogP contribution in [0.4, 0.5) is 11.4 Å². The minimum atomic E-state index is -0.273. The molecule has 2 amide bonds. The van der Waals surface area contributed by atoms with Gasteiger partial charge in [-0.1, -0.05) is 42.5 Å².